The normalized spacial score (nSPS) is 12.8. The van der Waals surface area contributed by atoms with Gasteiger partial charge in [0.15, 0.2) is 0 Å². The summed E-state index contributed by atoms with van der Waals surface area (Å²) in [6.07, 6.45) is 0. The molecule has 0 saturated carbocycles. The van der Waals surface area contributed by atoms with Crippen LogP contribution in [-0.4, -0.2) is 0 Å². The van der Waals surface area contributed by atoms with Crippen LogP contribution < -0.4 is 4.90 Å². The molecule has 0 saturated heterocycles. The number of anilines is 3. The Hall–Kier alpha value is -7.74. The van der Waals surface area contributed by atoms with Gasteiger partial charge in [-0.15, -0.1) is 0 Å². The molecule has 2 aliphatic carbocycles. The van der Waals surface area contributed by atoms with Crippen LogP contribution in [0.3, 0.4) is 0 Å². The fourth-order valence-corrected chi connectivity index (χ4v) is 10.3. The van der Waals surface area contributed by atoms with Crippen molar-refractivity contribution in [2.45, 2.75) is 5.41 Å². The average molecular weight is 762 g/mol. The lowest BCUT2D eigenvalue weighted by molar-refractivity contribution is 0.795. The lowest BCUT2D eigenvalue weighted by Gasteiger charge is -2.32. The summed E-state index contributed by atoms with van der Waals surface area (Å²) in [5.41, 5.74) is 20.7. The van der Waals surface area contributed by atoms with Gasteiger partial charge in [0, 0.05) is 17.1 Å². The number of fused-ring (bicyclic) bond motifs is 11. The van der Waals surface area contributed by atoms with Gasteiger partial charge in [0.2, 0.25) is 0 Å². The predicted octanol–water partition coefficient (Wildman–Crippen LogP) is 15.7. The minimum Gasteiger partial charge on any atom is -0.310 e. The van der Waals surface area contributed by atoms with Crippen molar-refractivity contribution in [2.75, 3.05) is 4.90 Å². The zero-order chi connectivity index (χ0) is 39.6. The molecule has 0 fully saturated rings. The lowest BCUT2D eigenvalue weighted by Crippen LogP contribution is -2.26. The maximum atomic E-state index is 2.50. The van der Waals surface area contributed by atoms with Crippen LogP contribution in [0, 0.1) is 0 Å². The van der Waals surface area contributed by atoms with Crippen molar-refractivity contribution in [3.63, 3.8) is 0 Å². The Kier molecular flexibility index (Phi) is 7.83. The van der Waals surface area contributed by atoms with E-state index in [1.807, 2.05) is 0 Å². The second-order valence-electron chi connectivity index (χ2n) is 16.0. The van der Waals surface area contributed by atoms with Crippen molar-refractivity contribution in [3.05, 3.63) is 259 Å². The van der Waals surface area contributed by atoms with Gasteiger partial charge < -0.3 is 4.90 Å². The molecule has 0 amide bonds. The topological polar surface area (TPSA) is 3.24 Å². The van der Waals surface area contributed by atoms with E-state index >= 15 is 0 Å². The first-order valence-electron chi connectivity index (χ1n) is 20.8. The maximum Gasteiger partial charge on any atom is 0.0726 e. The van der Waals surface area contributed by atoms with Crippen LogP contribution in [0.4, 0.5) is 17.1 Å². The highest BCUT2D eigenvalue weighted by Crippen LogP contribution is 2.65. The van der Waals surface area contributed by atoms with E-state index in [1.165, 1.54) is 88.7 Å². The largest absolute Gasteiger partial charge is 0.310 e. The molecule has 0 unspecified atom stereocenters. The van der Waals surface area contributed by atoms with Crippen LogP contribution in [0.1, 0.15) is 22.3 Å². The zero-order valence-corrected chi connectivity index (χ0v) is 33.0. The Balaban J connectivity index is 1.14. The lowest BCUT2D eigenvalue weighted by atomic mass is 9.70. The third-order valence-corrected chi connectivity index (χ3v) is 12.9. The number of benzene rings is 10. The molecule has 0 radical (unpaired) electrons. The predicted molar refractivity (Wildman–Crippen MR) is 251 cm³/mol. The van der Waals surface area contributed by atoms with E-state index in [0.29, 0.717) is 0 Å². The van der Waals surface area contributed by atoms with E-state index in [4.69, 9.17) is 0 Å². The highest BCUT2D eigenvalue weighted by molar-refractivity contribution is 6.10. The Morgan fingerprint density at radius 2 is 0.717 bits per heavy atom. The van der Waals surface area contributed by atoms with Gasteiger partial charge in [0.05, 0.1) is 5.41 Å². The van der Waals surface area contributed by atoms with Crippen LogP contribution in [0.25, 0.3) is 66.4 Å². The van der Waals surface area contributed by atoms with Crippen molar-refractivity contribution >= 4 is 27.8 Å². The molecule has 1 heteroatoms. The number of hydrogen-bond donors (Lipinski definition) is 0. The number of hydrogen-bond acceptors (Lipinski definition) is 1. The molecule has 60 heavy (non-hydrogen) atoms. The van der Waals surface area contributed by atoms with Crippen LogP contribution in [0.15, 0.2) is 237 Å². The van der Waals surface area contributed by atoms with Crippen molar-refractivity contribution in [1.82, 2.24) is 0 Å². The Morgan fingerprint density at radius 3 is 1.28 bits per heavy atom. The molecule has 0 aliphatic heterocycles. The van der Waals surface area contributed by atoms with Crippen LogP contribution in [0.2, 0.25) is 0 Å². The zero-order valence-electron chi connectivity index (χ0n) is 33.0. The molecule has 280 valence electrons. The molecule has 0 N–H and O–H groups in total. The van der Waals surface area contributed by atoms with Gasteiger partial charge in [-0.3, -0.25) is 0 Å². The summed E-state index contributed by atoms with van der Waals surface area (Å²) in [7, 11) is 0. The minimum atomic E-state index is -0.526. The monoisotopic (exact) mass is 761 g/mol. The summed E-state index contributed by atoms with van der Waals surface area (Å²) in [4.78, 5) is 2.43. The third kappa shape index (κ3) is 5.13. The SMILES string of the molecule is c1ccc(-c2ccc(N(c3ccc(-c4ccccc4)cc3)c3ccc4c(c3)C3(c5ccccc5-c5ccccc53)c3cc5ccccc5c(-c5ccccc5)c3-4)cc2)cc1. The van der Waals surface area contributed by atoms with Gasteiger partial charge in [-0.1, -0.05) is 194 Å². The van der Waals surface area contributed by atoms with Crippen LogP contribution in [0.5, 0.6) is 0 Å². The Morgan fingerprint density at radius 1 is 0.267 bits per heavy atom. The molecule has 12 rings (SSSR count). The van der Waals surface area contributed by atoms with Gasteiger partial charge in [0.1, 0.15) is 0 Å². The molecule has 10 aromatic carbocycles. The first-order chi connectivity index (χ1) is 29.8. The van der Waals surface area contributed by atoms with E-state index in [0.717, 1.165) is 17.1 Å². The standard InChI is InChI=1S/C59H39N/c1-4-16-40(17-5-1)42-28-32-46(33-29-42)60(47-34-30-43(31-35-47)41-18-6-2-7-19-41)48-36-37-52-55(39-48)59(53-26-14-12-24-50(53)51-25-13-15-27-54(51)59)56-38-45-22-10-11-23-49(45)57(58(52)56)44-20-8-3-9-21-44/h1-39H. The third-order valence-electron chi connectivity index (χ3n) is 12.9. The molecule has 2 aliphatic rings. The van der Waals surface area contributed by atoms with Crippen LogP contribution >= 0.6 is 0 Å². The summed E-state index contributed by atoms with van der Waals surface area (Å²) in [6.45, 7) is 0. The molecule has 10 aromatic rings. The Labute approximate surface area is 351 Å². The highest BCUT2D eigenvalue weighted by atomic mass is 15.1. The van der Waals surface area contributed by atoms with E-state index in [-0.39, 0.29) is 0 Å². The van der Waals surface area contributed by atoms with Gasteiger partial charge in [-0.2, -0.15) is 0 Å². The molecule has 1 spiro atoms. The summed E-state index contributed by atoms with van der Waals surface area (Å²) < 4.78 is 0. The summed E-state index contributed by atoms with van der Waals surface area (Å²) in [6, 6.07) is 87.3. The van der Waals surface area contributed by atoms with Gasteiger partial charge in [0.25, 0.3) is 0 Å². The first kappa shape index (κ1) is 34.3. The molecule has 0 heterocycles. The minimum absolute atomic E-state index is 0.526. The number of nitrogens with zero attached hydrogens (tertiary/aromatic N) is 1. The molecule has 0 aromatic heterocycles. The fraction of sp³-hybridized carbons (Fsp3) is 0.0169. The second kappa shape index (κ2) is 13.7. The highest BCUT2D eigenvalue weighted by Gasteiger charge is 2.52. The van der Waals surface area contributed by atoms with Crippen molar-refractivity contribution in [1.29, 1.82) is 0 Å². The van der Waals surface area contributed by atoms with E-state index in [9.17, 15) is 0 Å². The van der Waals surface area contributed by atoms with E-state index in [1.54, 1.807) is 0 Å². The summed E-state index contributed by atoms with van der Waals surface area (Å²) in [5, 5.41) is 2.52. The van der Waals surface area contributed by atoms with E-state index in [2.05, 4.69) is 241 Å². The second-order valence-corrected chi connectivity index (χ2v) is 16.0. The quantitative estimate of drug-likeness (QED) is 0.163. The maximum absolute atomic E-state index is 2.50. The fourth-order valence-electron chi connectivity index (χ4n) is 10.3. The van der Waals surface area contributed by atoms with E-state index < -0.39 is 5.41 Å². The molecular formula is C59H39N. The van der Waals surface area contributed by atoms with Gasteiger partial charge in [-0.25, -0.2) is 0 Å². The average Bonchev–Trinajstić information content (AvgIpc) is 3.79. The van der Waals surface area contributed by atoms with Gasteiger partial charge >= 0.3 is 0 Å². The van der Waals surface area contributed by atoms with Crippen LogP contribution in [-0.2, 0) is 5.41 Å². The summed E-state index contributed by atoms with van der Waals surface area (Å²) >= 11 is 0. The van der Waals surface area contributed by atoms with Crippen molar-refractivity contribution in [3.8, 4) is 55.6 Å². The summed E-state index contributed by atoms with van der Waals surface area (Å²) in [5.74, 6) is 0. The Bertz CT molecular complexity index is 3090. The van der Waals surface area contributed by atoms with Gasteiger partial charge in [-0.05, 0) is 131 Å². The smallest absolute Gasteiger partial charge is 0.0726 e. The molecule has 0 atom stereocenters. The van der Waals surface area contributed by atoms with Crippen molar-refractivity contribution in [2.24, 2.45) is 0 Å². The molecule has 1 nitrogen and oxygen atoms in total. The van der Waals surface area contributed by atoms with Crippen molar-refractivity contribution < 1.29 is 0 Å². The molecule has 0 bridgehead atoms. The first-order valence-corrected chi connectivity index (χ1v) is 20.8. The molecular weight excluding hydrogens is 723 g/mol. The number of rotatable bonds is 6.